The van der Waals surface area contributed by atoms with Crippen molar-refractivity contribution in [2.45, 2.75) is 26.8 Å². The molecule has 6 heteroatoms. The van der Waals surface area contributed by atoms with Gasteiger partial charge in [0.1, 0.15) is 5.15 Å². The molecule has 1 aromatic heterocycles. The van der Waals surface area contributed by atoms with Crippen LogP contribution in [0.15, 0.2) is 0 Å². The van der Waals surface area contributed by atoms with E-state index in [0.717, 1.165) is 24.2 Å². The van der Waals surface area contributed by atoms with Crippen LogP contribution >= 0.6 is 11.6 Å². The largest absolute Gasteiger partial charge is 0.480 e. The average molecular weight is 260 g/mol. The monoisotopic (exact) mass is 259 g/mol. The van der Waals surface area contributed by atoms with Crippen LogP contribution in [0.1, 0.15) is 24.6 Å². The molecule has 1 aromatic rings. The molecule has 0 aromatic carbocycles. The molecule has 0 aliphatic rings. The van der Waals surface area contributed by atoms with E-state index < -0.39 is 5.97 Å². The minimum Gasteiger partial charge on any atom is -0.480 e. The summed E-state index contributed by atoms with van der Waals surface area (Å²) in [5.41, 5.74) is 1.76. The Labute approximate surface area is 106 Å². The Morgan fingerprint density at radius 1 is 1.59 bits per heavy atom. The zero-order valence-electron chi connectivity index (χ0n) is 10.4. The number of carbonyl (C=O) groups is 1. The van der Waals surface area contributed by atoms with Crippen LogP contribution in [0.5, 0.6) is 0 Å². The number of aliphatic carboxylic acids is 1. The normalized spacial score (nSPS) is 11.1. The van der Waals surface area contributed by atoms with Gasteiger partial charge in [0, 0.05) is 19.2 Å². The van der Waals surface area contributed by atoms with Crippen LogP contribution in [0.4, 0.5) is 0 Å². The smallest absolute Gasteiger partial charge is 0.317 e. The fourth-order valence-corrected chi connectivity index (χ4v) is 2.03. The molecule has 0 fully saturated rings. The van der Waals surface area contributed by atoms with Gasteiger partial charge in [-0.3, -0.25) is 14.4 Å². The van der Waals surface area contributed by atoms with Gasteiger partial charge in [-0.2, -0.15) is 5.10 Å². The number of aromatic nitrogens is 2. The number of aryl methyl sites for hydroxylation is 2. The molecule has 0 spiro atoms. The molecule has 1 heterocycles. The fourth-order valence-electron chi connectivity index (χ4n) is 1.80. The van der Waals surface area contributed by atoms with Crippen LogP contribution < -0.4 is 0 Å². The van der Waals surface area contributed by atoms with Gasteiger partial charge >= 0.3 is 5.97 Å². The van der Waals surface area contributed by atoms with Crippen LogP contribution in [0.25, 0.3) is 0 Å². The predicted octanol–water partition coefficient (Wildman–Crippen LogP) is 1.68. The highest BCUT2D eigenvalue weighted by Crippen LogP contribution is 2.20. The van der Waals surface area contributed by atoms with Gasteiger partial charge in [-0.25, -0.2) is 0 Å². The molecular formula is C11H18ClN3O2. The molecule has 0 saturated carbocycles. The Kier molecular flexibility index (Phi) is 4.96. The fraction of sp³-hybridized carbons (Fsp3) is 0.636. The first-order valence-corrected chi connectivity index (χ1v) is 5.95. The van der Waals surface area contributed by atoms with E-state index in [1.54, 1.807) is 11.7 Å². The summed E-state index contributed by atoms with van der Waals surface area (Å²) in [6, 6.07) is 0. The SMILES string of the molecule is CCCN(CC(=O)O)Cc1c(C)nn(C)c1Cl. The van der Waals surface area contributed by atoms with Crippen molar-refractivity contribution in [2.75, 3.05) is 13.1 Å². The number of hydrogen-bond donors (Lipinski definition) is 1. The van der Waals surface area contributed by atoms with Crippen molar-refractivity contribution < 1.29 is 9.90 Å². The summed E-state index contributed by atoms with van der Waals surface area (Å²) in [6.07, 6.45) is 0.907. The third kappa shape index (κ3) is 3.71. The highest BCUT2D eigenvalue weighted by Gasteiger charge is 2.16. The van der Waals surface area contributed by atoms with Gasteiger partial charge in [0.15, 0.2) is 0 Å². The van der Waals surface area contributed by atoms with Crippen molar-refractivity contribution in [1.82, 2.24) is 14.7 Å². The quantitative estimate of drug-likeness (QED) is 0.845. The van der Waals surface area contributed by atoms with Crippen LogP contribution in [-0.2, 0) is 18.4 Å². The summed E-state index contributed by atoms with van der Waals surface area (Å²) in [5.74, 6) is -0.823. The maximum absolute atomic E-state index is 10.8. The summed E-state index contributed by atoms with van der Waals surface area (Å²) < 4.78 is 1.61. The Morgan fingerprint density at radius 3 is 2.65 bits per heavy atom. The van der Waals surface area contributed by atoms with E-state index in [2.05, 4.69) is 5.10 Å². The van der Waals surface area contributed by atoms with Gasteiger partial charge in [0.05, 0.1) is 12.2 Å². The molecule has 0 unspecified atom stereocenters. The average Bonchev–Trinajstić information content (AvgIpc) is 2.44. The zero-order chi connectivity index (χ0) is 13.0. The third-order valence-corrected chi connectivity index (χ3v) is 3.02. The van der Waals surface area contributed by atoms with Gasteiger partial charge in [0.2, 0.25) is 0 Å². The number of nitrogens with zero attached hydrogens (tertiary/aromatic N) is 3. The van der Waals surface area contributed by atoms with Crippen LogP contribution in [0.2, 0.25) is 5.15 Å². The first-order valence-electron chi connectivity index (χ1n) is 5.57. The summed E-state index contributed by atoms with van der Waals surface area (Å²) in [4.78, 5) is 12.6. The highest BCUT2D eigenvalue weighted by molar-refractivity contribution is 6.30. The molecule has 0 saturated heterocycles. The van der Waals surface area contributed by atoms with Gasteiger partial charge in [-0.15, -0.1) is 0 Å². The zero-order valence-corrected chi connectivity index (χ0v) is 11.2. The molecule has 5 nitrogen and oxygen atoms in total. The summed E-state index contributed by atoms with van der Waals surface area (Å²) in [7, 11) is 1.78. The second-order valence-electron chi connectivity index (χ2n) is 4.08. The van der Waals surface area contributed by atoms with Gasteiger partial charge in [-0.05, 0) is 19.9 Å². The first kappa shape index (κ1) is 14.0. The number of carboxylic acids is 1. The number of halogens is 1. The minimum atomic E-state index is -0.823. The van der Waals surface area contributed by atoms with E-state index in [0.29, 0.717) is 11.7 Å². The number of carboxylic acid groups (broad SMARTS) is 1. The lowest BCUT2D eigenvalue weighted by Crippen LogP contribution is -2.30. The Morgan fingerprint density at radius 2 is 2.24 bits per heavy atom. The van der Waals surface area contributed by atoms with E-state index in [9.17, 15) is 4.79 Å². The van der Waals surface area contributed by atoms with E-state index in [1.165, 1.54) is 0 Å². The molecule has 17 heavy (non-hydrogen) atoms. The third-order valence-electron chi connectivity index (χ3n) is 2.55. The Balaban J connectivity index is 2.81. The topological polar surface area (TPSA) is 58.4 Å². The maximum Gasteiger partial charge on any atom is 0.317 e. The predicted molar refractivity (Wildman–Crippen MR) is 66.2 cm³/mol. The van der Waals surface area contributed by atoms with Crippen molar-refractivity contribution in [3.8, 4) is 0 Å². The minimum absolute atomic E-state index is 0.0263. The molecule has 0 radical (unpaired) electrons. The van der Waals surface area contributed by atoms with E-state index in [-0.39, 0.29) is 6.54 Å². The van der Waals surface area contributed by atoms with E-state index in [4.69, 9.17) is 16.7 Å². The highest BCUT2D eigenvalue weighted by atomic mass is 35.5. The lowest BCUT2D eigenvalue weighted by Gasteiger charge is -2.19. The molecule has 1 N–H and O–H groups in total. The summed E-state index contributed by atoms with van der Waals surface area (Å²) >= 11 is 6.12. The Hall–Kier alpha value is -1.07. The second-order valence-corrected chi connectivity index (χ2v) is 4.44. The molecule has 0 bridgehead atoms. The molecule has 0 amide bonds. The van der Waals surface area contributed by atoms with Gasteiger partial charge < -0.3 is 5.11 Å². The van der Waals surface area contributed by atoms with Crippen LogP contribution in [-0.4, -0.2) is 38.8 Å². The van der Waals surface area contributed by atoms with Gasteiger partial charge in [0.25, 0.3) is 0 Å². The molecule has 0 aliphatic carbocycles. The first-order chi connectivity index (χ1) is 7.95. The molecule has 0 atom stereocenters. The lowest BCUT2D eigenvalue weighted by molar-refractivity contribution is -0.138. The van der Waals surface area contributed by atoms with Crippen molar-refractivity contribution in [3.05, 3.63) is 16.4 Å². The van der Waals surface area contributed by atoms with Crippen molar-refractivity contribution in [3.63, 3.8) is 0 Å². The maximum atomic E-state index is 10.8. The van der Waals surface area contributed by atoms with E-state index >= 15 is 0 Å². The van der Waals surface area contributed by atoms with Crippen molar-refractivity contribution in [1.29, 1.82) is 0 Å². The molecular weight excluding hydrogens is 242 g/mol. The number of hydrogen-bond acceptors (Lipinski definition) is 3. The lowest BCUT2D eigenvalue weighted by atomic mass is 10.2. The number of rotatable bonds is 6. The van der Waals surface area contributed by atoms with Crippen LogP contribution in [0, 0.1) is 6.92 Å². The van der Waals surface area contributed by atoms with Crippen molar-refractivity contribution in [2.24, 2.45) is 7.05 Å². The molecule has 0 aliphatic heterocycles. The summed E-state index contributed by atoms with van der Waals surface area (Å²) in [5, 5.41) is 13.6. The Bertz CT molecular complexity index is 404. The van der Waals surface area contributed by atoms with Crippen LogP contribution in [0.3, 0.4) is 0 Å². The standard InChI is InChI=1S/C11H18ClN3O2/c1-4-5-15(7-10(16)17)6-9-8(2)13-14(3)11(9)12/h4-7H2,1-3H3,(H,16,17). The summed E-state index contributed by atoms with van der Waals surface area (Å²) in [6.45, 7) is 5.19. The van der Waals surface area contributed by atoms with Gasteiger partial charge in [-0.1, -0.05) is 18.5 Å². The molecule has 96 valence electrons. The van der Waals surface area contributed by atoms with Crippen molar-refractivity contribution >= 4 is 17.6 Å². The van der Waals surface area contributed by atoms with E-state index in [1.807, 2.05) is 18.7 Å². The molecule has 1 rings (SSSR count). The second kappa shape index (κ2) is 6.02.